The lowest BCUT2D eigenvalue weighted by Gasteiger charge is -2.46. The zero-order valence-electron chi connectivity index (χ0n) is 16.4. The molecule has 0 bridgehead atoms. The zero-order chi connectivity index (χ0) is 22.0. The fourth-order valence-electron chi connectivity index (χ4n) is 4.10. The maximum Gasteiger partial charge on any atom is 0.143 e. The van der Waals surface area contributed by atoms with Crippen LogP contribution in [0.15, 0.2) is 61.2 Å². The van der Waals surface area contributed by atoms with Gasteiger partial charge in [-0.2, -0.15) is 0 Å². The summed E-state index contributed by atoms with van der Waals surface area (Å²) in [5.74, 6) is -1.57. The Kier molecular flexibility index (Phi) is 6.60. The molecule has 2 aromatic carbocycles. The minimum Gasteiger partial charge on any atom is -0.292 e. The van der Waals surface area contributed by atoms with Crippen LogP contribution < -0.4 is 0 Å². The summed E-state index contributed by atoms with van der Waals surface area (Å²) < 4.78 is 51.0. The smallest absolute Gasteiger partial charge is 0.143 e. The molecule has 0 N–H and O–H groups in total. The van der Waals surface area contributed by atoms with Crippen molar-refractivity contribution >= 4 is 22.3 Å². The van der Waals surface area contributed by atoms with E-state index >= 15 is 0 Å². The monoisotopic (exact) mass is 463 g/mol. The molecule has 5 nitrogen and oxygen atoms in total. The standard InChI is InChI=1S/C22H20ClF2N3O2S/c23-18-3-1-15(2-4-18)22(16-9-26-13-27-10-16)28-11-17(12-28)21(31(29)30)7-14-5-19(24)8-20(25)6-14/h1-6,8-10,13,17,21-22,31H,7,11-12H2. The second-order valence-corrected chi connectivity index (χ2v) is 9.34. The molecule has 162 valence electrons. The molecule has 2 atom stereocenters. The van der Waals surface area contributed by atoms with Gasteiger partial charge in [-0.25, -0.2) is 27.2 Å². The van der Waals surface area contributed by atoms with Gasteiger partial charge in [0.15, 0.2) is 0 Å². The minimum atomic E-state index is -2.77. The van der Waals surface area contributed by atoms with Crippen LogP contribution in [0.3, 0.4) is 0 Å². The SMILES string of the molecule is O=[SH](=O)C(Cc1cc(F)cc(F)c1)C1CN(C(c2ccc(Cl)cc2)c2cncnc2)C1. The normalized spacial score (nSPS) is 16.8. The quantitative estimate of drug-likeness (QED) is 0.542. The predicted octanol–water partition coefficient (Wildman–Crippen LogP) is 3.65. The van der Waals surface area contributed by atoms with Crippen molar-refractivity contribution in [2.45, 2.75) is 17.7 Å². The Morgan fingerprint density at radius 1 is 1.00 bits per heavy atom. The first-order valence-electron chi connectivity index (χ1n) is 9.73. The third kappa shape index (κ3) is 5.08. The fourth-order valence-corrected chi connectivity index (χ4v) is 5.12. The molecular formula is C22H20ClF2N3O2S. The number of rotatable bonds is 7. The molecule has 0 spiro atoms. The van der Waals surface area contributed by atoms with Crippen molar-refractivity contribution in [1.82, 2.24) is 14.9 Å². The van der Waals surface area contributed by atoms with E-state index in [-0.39, 0.29) is 18.4 Å². The van der Waals surface area contributed by atoms with Gasteiger partial charge in [0.05, 0.1) is 11.3 Å². The molecule has 4 rings (SSSR count). The predicted molar refractivity (Wildman–Crippen MR) is 115 cm³/mol. The van der Waals surface area contributed by atoms with Gasteiger partial charge in [0, 0.05) is 48.1 Å². The molecule has 2 unspecified atom stereocenters. The van der Waals surface area contributed by atoms with E-state index in [9.17, 15) is 17.2 Å². The number of hydrogen-bond donors (Lipinski definition) is 1. The summed E-state index contributed by atoms with van der Waals surface area (Å²) in [4.78, 5) is 10.4. The van der Waals surface area contributed by atoms with Crippen LogP contribution in [0.4, 0.5) is 8.78 Å². The van der Waals surface area contributed by atoms with Crippen molar-refractivity contribution in [2.75, 3.05) is 13.1 Å². The first-order chi connectivity index (χ1) is 14.9. The van der Waals surface area contributed by atoms with E-state index in [1.807, 2.05) is 12.1 Å². The lowest BCUT2D eigenvalue weighted by atomic mass is 9.87. The summed E-state index contributed by atoms with van der Waals surface area (Å²) in [6.07, 6.45) is 5.00. The Morgan fingerprint density at radius 3 is 2.19 bits per heavy atom. The molecule has 1 aliphatic heterocycles. The first kappa shape index (κ1) is 21.8. The topological polar surface area (TPSA) is 63.2 Å². The fraction of sp³-hybridized carbons (Fsp3) is 0.273. The van der Waals surface area contributed by atoms with Gasteiger partial charge in [0.2, 0.25) is 0 Å². The van der Waals surface area contributed by atoms with E-state index in [1.54, 1.807) is 24.5 Å². The lowest BCUT2D eigenvalue weighted by Crippen LogP contribution is -2.54. The van der Waals surface area contributed by atoms with Crippen LogP contribution in [-0.4, -0.2) is 41.6 Å². The summed E-state index contributed by atoms with van der Waals surface area (Å²) in [5.41, 5.74) is 2.22. The second kappa shape index (κ2) is 9.38. The van der Waals surface area contributed by atoms with Crippen molar-refractivity contribution in [3.8, 4) is 0 Å². The van der Waals surface area contributed by atoms with Gasteiger partial charge in [-0.15, -0.1) is 0 Å². The molecule has 2 heterocycles. The number of aromatic nitrogens is 2. The number of thiol groups is 1. The number of likely N-dealkylation sites (tertiary alicyclic amines) is 1. The Bertz CT molecular complexity index is 1100. The van der Waals surface area contributed by atoms with Gasteiger partial charge in [-0.1, -0.05) is 23.7 Å². The number of nitrogens with zero attached hydrogens (tertiary/aromatic N) is 3. The minimum absolute atomic E-state index is 0.0753. The van der Waals surface area contributed by atoms with Crippen LogP contribution in [0.1, 0.15) is 22.7 Å². The van der Waals surface area contributed by atoms with E-state index < -0.39 is 27.6 Å². The average Bonchev–Trinajstić information content (AvgIpc) is 2.70. The lowest BCUT2D eigenvalue weighted by molar-refractivity contribution is 0.0658. The maximum absolute atomic E-state index is 13.5. The van der Waals surface area contributed by atoms with Crippen LogP contribution in [0, 0.1) is 17.6 Å². The van der Waals surface area contributed by atoms with Gasteiger partial charge < -0.3 is 0 Å². The van der Waals surface area contributed by atoms with Crippen molar-refractivity contribution in [3.05, 3.63) is 94.5 Å². The Hall–Kier alpha value is -2.42. The molecule has 3 aromatic rings. The molecule has 1 saturated heterocycles. The van der Waals surface area contributed by atoms with Crippen LogP contribution in [-0.2, 0) is 17.1 Å². The highest BCUT2D eigenvalue weighted by Crippen LogP contribution is 2.36. The summed E-state index contributed by atoms with van der Waals surface area (Å²) in [7, 11) is -2.77. The summed E-state index contributed by atoms with van der Waals surface area (Å²) in [6.45, 7) is 1.04. The molecular weight excluding hydrogens is 444 g/mol. The van der Waals surface area contributed by atoms with Crippen LogP contribution in [0.25, 0.3) is 0 Å². The van der Waals surface area contributed by atoms with Gasteiger partial charge in [0.1, 0.15) is 28.7 Å². The average molecular weight is 464 g/mol. The highest BCUT2D eigenvalue weighted by atomic mass is 35.5. The Balaban J connectivity index is 1.54. The molecule has 0 saturated carbocycles. The van der Waals surface area contributed by atoms with Gasteiger partial charge in [0.25, 0.3) is 0 Å². The Labute approximate surface area is 185 Å². The van der Waals surface area contributed by atoms with Crippen LogP contribution in [0.5, 0.6) is 0 Å². The van der Waals surface area contributed by atoms with Crippen molar-refractivity contribution < 1.29 is 17.2 Å². The van der Waals surface area contributed by atoms with Crippen molar-refractivity contribution in [3.63, 3.8) is 0 Å². The maximum atomic E-state index is 13.5. The highest BCUT2D eigenvalue weighted by molar-refractivity contribution is 7.73. The van der Waals surface area contributed by atoms with Gasteiger partial charge >= 0.3 is 0 Å². The molecule has 31 heavy (non-hydrogen) atoms. The molecule has 9 heteroatoms. The third-order valence-electron chi connectivity index (χ3n) is 5.57. The number of benzene rings is 2. The van der Waals surface area contributed by atoms with E-state index in [2.05, 4.69) is 14.9 Å². The first-order valence-corrected chi connectivity index (χ1v) is 11.4. The summed E-state index contributed by atoms with van der Waals surface area (Å²) >= 11 is 6.03. The van der Waals surface area contributed by atoms with Crippen molar-refractivity contribution in [2.24, 2.45) is 5.92 Å². The van der Waals surface area contributed by atoms with Crippen LogP contribution >= 0.6 is 11.6 Å². The molecule has 1 fully saturated rings. The van der Waals surface area contributed by atoms with E-state index in [1.165, 1.54) is 18.5 Å². The zero-order valence-corrected chi connectivity index (χ0v) is 18.0. The molecule has 0 amide bonds. The van der Waals surface area contributed by atoms with E-state index in [0.29, 0.717) is 23.7 Å². The Morgan fingerprint density at radius 2 is 1.61 bits per heavy atom. The third-order valence-corrected chi connectivity index (χ3v) is 6.97. The molecule has 1 aromatic heterocycles. The largest absolute Gasteiger partial charge is 0.292 e. The molecule has 1 aliphatic rings. The number of hydrogen-bond acceptors (Lipinski definition) is 5. The highest BCUT2D eigenvalue weighted by Gasteiger charge is 2.39. The second-order valence-electron chi connectivity index (χ2n) is 7.67. The van der Waals surface area contributed by atoms with Crippen LogP contribution in [0.2, 0.25) is 5.02 Å². The van der Waals surface area contributed by atoms with E-state index in [4.69, 9.17) is 11.6 Å². The summed E-state index contributed by atoms with van der Waals surface area (Å²) in [6, 6.07) is 10.5. The van der Waals surface area contributed by atoms with Crippen molar-refractivity contribution in [1.29, 1.82) is 0 Å². The van der Waals surface area contributed by atoms with Gasteiger partial charge in [-0.3, -0.25) is 4.90 Å². The van der Waals surface area contributed by atoms with E-state index in [0.717, 1.165) is 17.2 Å². The van der Waals surface area contributed by atoms with Gasteiger partial charge in [-0.05, 0) is 41.8 Å². The number of halogens is 3. The summed E-state index contributed by atoms with van der Waals surface area (Å²) in [5, 5.41) is -0.0793. The molecule has 0 radical (unpaired) electrons. The molecule has 0 aliphatic carbocycles.